The maximum atomic E-state index is 6.16. The fourth-order valence-corrected chi connectivity index (χ4v) is 6.75. The second kappa shape index (κ2) is 5.09. The normalized spacial score (nSPS) is 34.9. The summed E-state index contributed by atoms with van der Waals surface area (Å²) >= 11 is 0. The van der Waals surface area contributed by atoms with Crippen molar-refractivity contribution >= 4 is 22.7 Å². The molecular weight excluding hydrogens is 320 g/mol. The van der Waals surface area contributed by atoms with E-state index in [-0.39, 0.29) is 10.8 Å². The van der Waals surface area contributed by atoms with Gasteiger partial charge in [0.25, 0.3) is 0 Å². The van der Waals surface area contributed by atoms with Gasteiger partial charge in [0.1, 0.15) is 0 Å². The Kier molecular flexibility index (Phi) is 3.10. The van der Waals surface area contributed by atoms with Crippen molar-refractivity contribution in [1.29, 1.82) is 0 Å². The maximum Gasteiger partial charge on any atom is 0.0550 e. The minimum Gasteiger partial charge on any atom is -0.397 e. The minimum atomic E-state index is 0.224. The van der Waals surface area contributed by atoms with Crippen molar-refractivity contribution in [2.24, 2.45) is 11.8 Å². The van der Waals surface area contributed by atoms with Crippen molar-refractivity contribution in [2.75, 3.05) is 22.9 Å². The third-order valence-corrected chi connectivity index (χ3v) is 7.46. The molecule has 0 aliphatic heterocycles. The third kappa shape index (κ3) is 2.14. The van der Waals surface area contributed by atoms with E-state index in [0.717, 1.165) is 11.8 Å². The Morgan fingerprint density at radius 3 is 1.42 bits per heavy atom. The van der Waals surface area contributed by atoms with Crippen LogP contribution in [0.2, 0.25) is 0 Å². The Bertz CT molecular complexity index is 804. The van der Waals surface area contributed by atoms with E-state index in [1.807, 2.05) is 12.1 Å². The molecule has 0 spiro atoms. The van der Waals surface area contributed by atoms with Crippen LogP contribution in [0, 0.1) is 11.8 Å². The molecule has 0 heterocycles. The summed E-state index contributed by atoms with van der Waals surface area (Å²) in [5.41, 5.74) is 30.3. The fraction of sp³-hybridized carbons (Fsp3) is 0.455. The van der Waals surface area contributed by atoms with Crippen LogP contribution in [-0.2, 0) is 10.8 Å². The van der Waals surface area contributed by atoms with Crippen LogP contribution >= 0.6 is 0 Å². The lowest BCUT2D eigenvalue weighted by Gasteiger charge is -2.63. The lowest BCUT2D eigenvalue weighted by molar-refractivity contribution is -0.0280. The average molecular weight is 348 g/mol. The molecule has 0 saturated heterocycles. The summed E-state index contributed by atoms with van der Waals surface area (Å²) in [7, 11) is 0. The topological polar surface area (TPSA) is 104 Å². The molecule has 4 nitrogen and oxygen atoms in total. The van der Waals surface area contributed by atoms with Crippen LogP contribution in [0.25, 0.3) is 0 Å². The Balaban J connectivity index is 1.61. The Morgan fingerprint density at radius 1 is 0.615 bits per heavy atom. The summed E-state index contributed by atoms with van der Waals surface area (Å²) in [5.74, 6) is 1.57. The number of nitrogens with two attached hydrogens (primary N) is 4. The fourth-order valence-electron chi connectivity index (χ4n) is 6.75. The first-order valence-electron chi connectivity index (χ1n) is 9.70. The standard InChI is InChI=1S/C22H28N4/c23-17-3-1-15(6-19(17)25)21-8-13-5-14(9-21)11-22(10-13,12-21)16-2-4-18(24)20(26)7-16/h1-4,6-7,13-14H,5,8-12,23-26H2. The van der Waals surface area contributed by atoms with E-state index in [1.165, 1.54) is 49.7 Å². The minimum absolute atomic E-state index is 0.224. The summed E-state index contributed by atoms with van der Waals surface area (Å²) in [6.45, 7) is 0. The molecule has 6 rings (SSSR count). The van der Waals surface area contributed by atoms with Crippen LogP contribution in [0.3, 0.4) is 0 Å². The van der Waals surface area contributed by atoms with E-state index in [2.05, 4.69) is 24.3 Å². The van der Waals surface area contributed by atoms with E-state index < -0.39 is 0 Å². The van der Waals surface area contributed by atoms with E-state index >= 15 is 0 Å². The zero-order chi connectivity index (χ0) is 18.1. The monoisotopic (exact) mass is 348 g/mol. The quantitative estimate of drug-likeness (QED) is 0.620. The molecule has 4 aliphatic carbocycles. The lowest BCUT2D eigenvalue weighted by Crippen LogP contribution is -2.55. The van der Waals surface area contributed by atoms with Gasteiger partial charge in [-0.1, -0.05) is 12.1 Å². The third-order valence-electron chi connectivity index (χ3n) is 7.46. The van der Waals surface area contributed by atoms with Gasteiger partial charge in [0.2, 0.25) is 0 Å². The SMILES string of the molecule is Nc1ccc(C23CC4CC(C2)CC(c2ccc(N)c(N)c2)(C4)C3)cc1N. The smallest absolute Gasteiger partial charge is 0.0550 e. The Labute approximate surface area is 154 Å². The molecule has 4 heteroatoms. The van der Waals surface area contributed by atoms with Crippen molar-refractivity contribution in [2.45, 2.75) is 49.4 Å². The number of anilines is 4. The molecule has 26 heavy (non-hydrogen) atoms. The predicted molar refractivity (Wildman–Crippen MR) is 109 cm³/mol. The summed E-state index contributed by atoms with van der Waals surface area (Å²) in [5, 5.41) is 0. The summed E-state index contributed by atoms with van der Waals surface area (Å²) in [6.07, 6.45) is 7.66. The van der Waals surface area contributed by atoms with Gasteiger partial charge in [-0.05, 0) is 96.6 Å². The number of benzene rings is 2. The van der Waals surface area contributed by atoms with Crippen LogP contribution in [0.1, 0.15) is 49.7 Å². The van der Waals surface area contributed by atoms with Crippen molar-refractivity contribution < 1.29 is 0 Å². The van der Waals surface area contributed by atoms with Crippen molar-refractivity contribution in [3.05, 3.63) is 47.5 Å². The van der Waals surface area contributed by atoms with Crippen LogP contribution in [0.15, 0.2) is 36.4 Å². The molecule has 4 saturated carbocycles. The molecule has 0 unspecified atom stereocenters. The van der Waals surface area contributed by atoms with Crippen LogP contribution in [0.5, 0.6) is 0 Å². The highest BCUT2D eigenvalue weighted by molar-refractivity contribution is 5.66. The summed E-state index contributed by atoms with van der Waals surface area (Å²) in [4.78, 5) is 0. The Morgan fingerprint density at radius 2 is 1.04 bits per heavy atom. The second-order valence-electron chi connectivity index (χ2n) is 9.21. The maximum absolute atomic E-state index is 6.16. The molecule has 0 amide bonds. The molecule has 4 fully saturated rings. The first kappa shape index (κ1) is 15.9. The number of nitrogen functional groups attached to an aromatic ring is 4. The molecule has 2 aromatic carbocycles. The van der Waals surface area contributed by atoms with E-state index in [9.17, 15) is 0 Å². The van der Waals surface area contributed by atoms with Gasteiger partial charge in [0.15, 0.2) is 0 Å². The number of hydrogen-bond donors (Lipinski definition) is 4. The van der Waals surface area contributed by atoms with E-state index in [0.29, 0.717) is 22.7 Å². The van der Waals surface area contributed by atoms with Gasteiger partial charge in [-0.3, -0.25) is 0 Å². The van der Waals surface area contributed by atoms with Crippen LogP contribution < -0.4 is 22.9 Å². The molecule has 4 bridgehead atoms. The van der Waals surface area contributed by atoms with Crippen molar-refractivity contribution in [3.8, 4) is 0 Å². The molecule has 4 aliphatic rings. The van der Waals surface area contributed by atoms with Gasteiger partial charge in [0.05, 0.1) is 22.7 Å². The highest BCUT2D eigenvalue weighted by atomic mass is 14.7. The van der Waals surface area contributed by atoms with Gasteiger partial charge in [-0.25, -0.2) is 0 Å². The zero-order valence-corrected chi connectivity index (χ0v) is 15.2. The van der Waals surface area contributed by atoms with Gasteiger partial charge in [-0.15, -0.1) is 0 Å². The van der Waals surface area contributed by atoms with Gasteiger partial charge >= 0.3 is 0 Å². The second-order valence-corrected chi connectivity index (χ2v) is 9.21. The summed E-state index contributed by atoms with van der Waals surface area (Å²) < 4.78 is 0. The molecule has 0 aromatic heterocycles. The highest BCUT2D eigenvalue weighted by Gasteiger charge is 2.58. The average Bonchev–Trinajstić information content (AvgIpc) is 2.58. The highest BCUT2D eigenvalue weighted by Crippen LogP contribution is 2.66. The molecule has 0 radical (unpaired) electrons. The summed E-state index contributed by atoms with van der Waals surface area (Å²) in [6, 6.07) is 12.7. The number of hydrogen-bond acceptors (Lipinski definition) is 4. The first-order valence-corrected chi connectivity index (χ1v) is 9.70. The first-order chi connectivity index (χ1) is 12.4. The molecule has 8 N–H and O–H groups in total. The Hall–Kier alpha value is -2.36. The molecule has 136 valence electrons. The van der Waals surface area contributed by atoms with E-state index in [4.69, 9.17) is 22.9 Å². The molecule has 2 aromatic rings. The zero-order valence-electron chi connectivity index (χ0n) is 15.2. The van der Waals surface area contributed by atoms with Crippen LogP contribution in [-0.4, -0.2) is 0 Å². The van der Waals surface area contributed by atoms with Gasteiger partial charge < -0.3 is 22.9 Å². The van der Waals surface area contributed by atoms with Gasteiger partial charge in [-0.2, -0.15) is 0 Å². The van der Waals surface area contributed by atoms with Crippen molar-refractivity contribution in [3.63, 3.8) is 0 Å². The van der Waals surface area contributed by atoms with Gasteiger partial charge in [0, 0.05) is 0 Å². The number of rotatable bonds is 2. The largest absolute Gasteiger partial charge is 0.397 e. The van der Waals surface area contributed by atoms with Crippen LogP contribution in [0.4, 0.5) is 22.7 Å². The predicted octanol–water partition coefficient (Wildman–Crippen LogP) is 3.81. The molecular formula is C22H28N4. The lowest BCUT2D eigenvalue weighted by atomic mass is 9.41. The van der Waals surface area contributed by atoms with Crippen molar-refractivity contribution in [1.82, 2.24) is 0 Å². The van der Waals surface area contributed by atoms with E-state index in [1.54, 1.807) is 0 Å². The molecule has 0 atom stereocenters.